The monoisotopic (exact) mass is 338 g/mol. The molecule has 0 radical (unpaired) electrons. The van der Waals surface area contributed by atoms with Gasteiger partial charge in [-0.25, -0.2) is 4.98 Å². The minimum atomic E-state index is -0.599. The van der Waals surface area contributed by atoms with E-state index in [0.29, 0.717) is 12.5 Å². The third-order valence-corrected chi connectivity index (χ3v) is 4.55. The zero-order chi connectivity index (χ0) is 18.0. The quantitative estimate of drug-likeness (QED) is 0.732. The Morgan fingerprint density at radius 3 is 2.64 bits per heavy atom. The number of fused-ring (bicyclic) bond motifs is 1. The number of hydrogen-bond donors (Lipinski definition) is 1. The first kappa shape index (κ1) is 17.5. The summed E-state index contributed by atoms with van der Waals surface area (Å²) < 4.78 is 7.95. The van der Waals surface area contributed by atoms with Gasteiger partial charge in [0.05, 0.1) is 17.6 Å². The van der Waals surface area contributed by atoms with Crippen molar-refractivity contribution in [3.8, 4) is 5.75 Å². The Hall–Kier alpha value is -2.33. The number of benzene rings is 2. The predicted octanol–water partition coefficient (Wildman–Crippen LogP) is 4.22. The first-order valence-corrected chi connectivity index (χ1v) is 8.79. The van der Waals surface area contributed by atoms with Crippen molar-refractivity contribution < 1.29 is 9.84 Å². The van der Waals surface area contributed by atoms with E-state index in [0.717, 1.165) is 28.2 Å². The summed E-state index contributed by atoms with van der Waals surface area (Å²) in [4.78, 5) is 4.54. The summed E-state index contributed by atoms with van der Waals surface area (Å²) in [5, 5.41) is 10.5. The molecule has 0 aliphatic carbocycles. The maximum absolute atomic E-state index is 10.5. The molecular formula is C21H26N2O2. The summed E-state index contributed by atoms with van der Waals surface area (Å²) in [7, 11) is 0. The molecule has 2 aromatic carbocycles. The minimum absolute atomic E-state index is 0.258. The first-order valence-electron chi connectivity index (χ1n) is 8.79. The van der Waals surface area contributed by atoms with Gasteiger partial charge in [-0.1, -0.05) is 38.1 Å². The molecule has 1 N–H and O–H groups in total. The molecule has 0 spiro atoms. The Balaban J connectivity index is 1.70. The van der Waals surface area contributed by atoms with E-state index >= 15 is 0 Å². The van der Waals surface area contributed by atoms with E-state index in [1.54, 1.807) is 0 Å². The molecule has 4 nitrogen and oxygen atoms in total. The highest BCUT2D eigenvalue weighted by atomic mass is 16.5. The lowest BCUT2D eigenvalue weighted by molar-refractivity contribution is 0.0925. The normalized spacial score (nSPS) is 12.7. The van der Waals surface area contributed by atoms with Gasteiger partial charge in [-0.2, -0.15) is 0 Å². The van der Waals surface area contributed by atoms with Crippen molar-refractivity contribution in [1.29, 1.82) is 0 Å². The lowest BCUT2D eigenvalue weighted by atomic mass is 10.0. The highest BCUT2D eigenvalue weighted by Crippen LogP contribution is 2.24. The van der Waals surface area contributed by atoms with Crippen LogP contribution < -0.4 is 4.74 Å². The Kier molecular flexibility index (Phi) is 5.09. The number of nitrogens with zero attached hydrogens (tertiary/aromatic N) is 2. The fourth-order valence-electron chi connectivity index (χ4n) is 3.01. The van der Waals surface area contributed by atoms with Crippen LogP contribution in [0.4, 0.5) is 0 Å². The zero-order valence-electron chi connectivity index (χ0n) is 15.4. The van der Waals surface area contributed by atoms with Crippen molar-refractivity contribution in [3.05, 3.63) is 59.4 Å². The van der Waals surface area contributed by atoms with Crippen LogP contribution in [0.5, 0.6) is 5.75 Å². The Morgan fingerprint density at radius 1 is 1.12 bits per heavy atom. The highest BCUT2D eigenvalue weighted by Gasteiger charge is 2.13. The largest absolute Gasteiger partial charge is 0.491 e. The second kappa shape index (κ2) is 7.28. The second-order valence-corrected chi connectivity index (χ2v) is 6.90. The van der Waals surface area contributed by atoms with Gasteiger partial charge in [-0.15, -0.1) is 0 Å². The molecule has 0 saturated carbocycles. The van der Waals surface area contributed by atoms with E-state index in [1.807, 2.05) is 42.7 Å². The maximum atomic E-state index is 10.5. The molecule has 0 saturated heterocycles. The molecule has 25 heavy (non-hydrogen) atoms. The molecular weight excluding hydrogens is 312 g/mol. The number of aryl methyl sites for hydroxylation is 2. The molecule has 1 atom stereocenters. The molecule has 1 unspecified atom stereocenters. The Bertz CT molecular complexity index is 867. The van der Waals surface area contributed by atoms with E-state index in [2.05, 4.69) is 37.0 Å². The average Bonchev–Trinajstić information content (AvgIpc) is 2.89. The van der Waals surface area contributed by atoms with Gasteiger partial charge in [-0.3, -0.25) is 0 Å². The fourth-order valence-corrected chi connectivity index (χ4v) is 3.01. The molecule has 3 aromatic rings. The van der Waals surface area contributed by atoms with Crippen molar-refractivity contribution in [2.45, 2.75) is 46.3 Å². The summed E-state index contributed by atoms with van der Waals surface area (Å²) in [6.07, 6.45) is -0.599. The van der Waals surface area contributed by atoms with E-state index in [1.165, 1.54) is 5.56 Å². The molecule has 0 amide bonds. The molecule has 1 aromatic heterocycles. The second-order valence-electron chi connectivity index (χ2n) is 6.90. The van der Waals surface area contributed by atoms with Gasteiger partial charge in [-0.05, 0) is 49.1 Å². The van der Waals surface area contributed by atoms with Gasteiger partial charge < -0.3 is 14.4 Å². The van der Waals surface area contributed by atoms with Crippen LogP contribution in [0.2, 0.25) is 0 Å². The SMILES string of the molecule is Cc1ccc(C(C)C)cc1OCC(O)Cn1c(C)nc2ccccc21. The maximum Gasteiger partial charge on any atom is 0.122 e. The molecule has 0 aliphatic rings. The number of rotatable bonds is 6. The van der Waals surface area contributed by atoms with Crippen LogP contribution in [-0.4, -0.2) is 27.4 Å². The number of imidazole rings is 1. The molecule has 132 valence electrons. The molecule has 1 heterocycles. The molecule has 0 aliphatic heterocycles. The highest BCUT2D eigenvalue weighted by molar-refractivity contribution is 5.75. The smallest absolute Gasteiger partial charge is 0.122 e. The zero-order valence-corrected chi connectivity index (χ0v) is 15.4. The molecule has 3 rings (SSSR count). The van der Waals surface area contributed by atoms with Crippen LogP contribution in [0, 0.1) is 13.8 Å². The van der Waals surface area contributed by atoms with E-state index < -0.39 is 6.10 Å². The number of para-hydroxylation sites is 2. The van der Waals surface area contributed by atoms with Gasteiger partial charge in [0.25, 0.3) is 0 Å². The van der Waals surface area contributed by atoms with Gasteiger partial charge in [0, 0.05) is 0 Å². The van der Waals surface area contributed by atoms with Crippen LogP contribution in [0.3, 0.4) is 0 Å². The summed E-state index contributed by atoms with van der Waals surface area (Å²) in [5.41, 5.74) is 4.32. The molecule has 4 heteroatoms. The third kappa shape index (κ3) is 3.85. The summed E-state index contributed by atoms with van der Waals surface area (Å²) >= 11 is 0. The van der Waals surface area contributed by atoms with Crippen LogP contribution in [-0.2, 0) is 6.54 Å². The molecule has 0 bridgehead atoms. The van der Waals surface area contributed by atoms with Crippen LogP contribution in [0.1, 0.15) is 36.7 Å². The lowest BCUT2D eigenvalue weighted by Crippen LogP contribution is -2.24. The van der Waals surface area contributed by atoms with Crippen LogP contribution in [0.25, 0.3) is 11.0 Å². The van der Waals surface area contributed by atoms with Gasteiger partial charge in [0.15, 0.2) is 0 Å². The van der Waals surface area contributed by atoms with Crippen molar-refractivity contribution >= 4 is 11.0 Å². The third-order valence-electron chi connectivity index (χ3n) is 4.55. The average molecular weight is 338 g/mol. The van der Waals surface area contributed by atoms with Crippen molar-refractivity contribution in [1.82, 2.24) is 9.55 Å². The van der Waals surface area contributed by atoms with Gasteiger partial charge in [0.1, 0.15) is 24.3 Å². The van der Waals surface area contributed by atoms with Gasteiger partial charge in [0.2, 0.25) is 0 Å². The number of ether oxygens (including phenoxy) is 1. The number of aliphatic hydroxyl groups is 1. The van der Waals surface area contributed by atoms with E-state index in [4.69, 9.17) is 4.74 Å². The lowest BCUT2D eigenvalue weighted by Gasteiger charge is -2.17. The first-order chi connectivity index (χ1) is 12.0. The van der Waals surface area contributed by atoms with Crippen LogP contribution in [0.15, 0.2) is 42.5 Å². The van der Waals surface area contributed by atoms with E-state index in [-0.39, 0.29) is 6.61 Å². The standard InChI is InChI=1S/C21H26N2O2/c1-14(2)17-10-9-15(3)21(11-17)25-13-18(24)12-23-16(4)22-19-7-5-6-8-20(19)23/h5-11,14,18,24H,12-13H2,1-4H3. The number of aliphatic hydroxyl groups excluding tert-OH is 1. The Morgan fingerprint density at radius 2 is 1.88 bits per heavy atom. The van der Waals surface area contributed by atoms with Crippen molar-refractivity contribution in [2.75, 3.05) is 6.61 Å². The number of aromatic nitrogens is 2. The van der Waals surface area contributed by atoms with Crippen molar-refractivity contribution in [2.24, 2.45) is 0 Å². The van der Waals surface area contributed by atoms with Gasteiger partial charge >= 0.3 is 0 Å². The fraction of sp³-hybridized carbons (Fsp3) is 0.381. The summed E-state index contributed by atoms with van der Waals surface area (Å²) in [6.45, 7) is 9.04. The van der Waals surface area contributed by atoms with Crippen LogP contribution >= 0.6 is 0 Å². The summed E-state index contributed by atoms with van der Waals surface area (Å²) in [5.74, 6) is 2.20. The van der Waals surface area contributed by atoms with E-state index in [9.17, 15) is 5.11 Å². The predicted molar refractivity (Wildman–Crippen MR) is 101 cm³/mol. The summed E-state index contributed by atoms with van der Waals surface area (Å²) in [6, 6.07) is 14.3. The number of hydrogen-bond acceptors (Lipinski definition) is 3. The van der Waals surface area contributed by atoms with Crippen molar-refractivity contribution in [3.63, 3.8) is 0 Å². The molecule has 0 fully saturated rings. The minimum Gasteiger partial charge on any atom is -0.491 e. The topological polar surface area (TPSA) is 47.3 Å². The Labute approximate surface area is 149 Å².